The Balaban J connectivity index is 1.69. The van der Waals surface area contributed by atoms with Gasteiger partial charge in [-0.25, -0.2) is 4.79 Å². The lowest BCUT2D eigenvalue weighted by atomic mass is 9.47. The van der Waals surface area contributed by atoms with Crippen molar-refractivity contribution >= 4 is 23.5 Å². The molecule has 0 aromatic carbocycles. The number of ether oxygens (including phenoxy) is 2. The van der Waals surface area contributed by atoms with Gasteiger partial charge in [0.2, 0.25) is 0 Å². The maximum atomic E-state index is 14.7. The molecule has 0 amide bonds. The molecule has 0 radical (unpaired) electrons. The summed E-state index contributed by atoms with van der Waals surface area (Å²) in [6.07, 6.45) is -1.33. The highest BCUT2D eigenvalue weighted by Gasteiger charge is 2.68. The quantitative estimate of drug-likeness (QED) is 0.607. The van der Waals surface area contributed by atoms with Gasteiger partial charge in [-0.1, -0.05) is 0 Å². The molecule has 1 N–H and O–H groups in total. The molecule has 2 atom stereocenters. The Morgan fingerprint density at radius 2 is 1.78 bits per heavy atom. The number of halogens is 3. The smallest absolute Gasteiger partial charge is 0.405 e. The van der Waals surface area contributed by atoms with Gasteiger partial charge in [-0.15, -0.1) is 11.6 Å². The third-order valence-corrected chi connectivity index (χ3v) is 5.57. The van der Waals surface area contributed by atoms with Crippen LogP contribution in [0.2, 0.25) is 0 Å². The summed E-state index contributed by atoms with van der Waals surface area (Å²) in [5.41, 5.74) is -2.59. The first-order valence-corrected chi connectivity index (χ1v) is 8.24. The largest absolute Gasteiger partial charge is 0.453 e. The second-order valence-corrected chi connectivity index (χ2v) is 7.52. The number of hydrogen-bond donors (Lipinski definition) is 1. The number of esters is 2. The minimum atomic E-state index is -3.69. The molecule has 4 fully saturated rings. The predicted octanol–water partition coefficient (Wildman–Crippen LogP) is 2.24. The molecule has 0 aromatic rings. The highest BCUT2D eigenvalue weighted by atomic mass is 35.5. The fourth-order valence-corrected chi connectivity index (χ4v) is 5.09. The molecule has 23 heavy (non-hydrogen) atoms. The molecule has 2 unspecified atom stereocenters. The summed E-state index contributed by atoms with van der Waals surface area (Å²) in [6, 6.07) is 0. The molecule has 4 rings (SSSR count). The van der Waals surface area contributed by atoms with Gasteiger partial charge in [0.15, 0.2) is 6.61 Å². The Bertz CT molecular complexity index is 510. The minimum Gasteiger partial charge on any atom is -0.453 e. The van der Waals surface area contributed by atoms with Gasteiger partial charge in [-0.05, 0) is 50.4 Å². The summed E-state index contributed by atoms with van der Waals surface area (Å²) in [5.74, 6) is -2.57. The van der Waals surface area contributed by atoms with E-state index in [1.54, 1.807) is 0 Å². The average molecular weight is 353 g/mol. The van der Waals surface area contributed by atoms with Crippen LogP contribution in [0.25, 0.3) is 0 Å². The van der Waals surface area contributed by atoms with Crippen molar-refractivity contribution in [1.82, 2.24) is 0 Å². The molecule has 0 heterocycles. The maximum Gasteiger partial charge on any atom is 0.405 e. The van der Waals surface area contributed by atoms with Gasteiger partial charge in [0, 0.05) is 0 Å². The first kappa shape index (κ1) is 16.9. The van der Waals surface area contributed by atoms with E-state index in [-0.39, 0.29) is 31.1 Å². The van der Waals surface area contributed by atoms with Crippen LogP contribution in [0.4, 0.5) is 8.78 Å². The van der Waals surface area contributed by atoms with Gasteiger partial charge < -0.3 is 14.6 Å². The third-order valence-electron chi connectivity index (χ3n) is 5.35. The molecule has 0 spiro atoms. The third kappa shape index (κ3) is 3.05. The topological polar surface area (TPSA) is 72.8 Å². The second-order valence-electron chi connectivity index (χ2n) is 7.25. The summed E-state index contributed by atoms with van der Waals surface area (Å²) in [4.78, 5) is 22.4. The van der Waals surface area contributed by atoms with Crippen LogP contribution in [0.5, 0.6) is 0 Å². The van der Waals surface area contributed by atoms with Crippen molar-refractivity contribution in [2.24, 2.45) is 17.3 Å². The highest BCUT2D eigenvalue weighted by Crippen LogP contribution is 2.66. The lowest BCUT2D eigenvalue weighted by Crippen LogP contribution is -2.62. The van der Waals surface area contributed by atoms with E-state index in [1.807, 2.05) is 0 Å². The molecular weight excluding hydrogens is 334 g/mol. The fraction of sp³-hybridized carbons (Fsp3) is 0.867. The Hall–Kier alpha value is -0.950. The van der Waals surface area contributed by atoms with Crippen molar-refractivity contribution in [3.63, 3.8) is 0 Å². The lowest BCUT2D eigenvalue weighted by molar-refractivity contribution is -0.338. The molecule has 0 saturated heterocycles. The molecule has 0 aliphatic heterocycles. The standard InChI is InChI=1S/C15H19ClF2O5/c16-6-11(19)22-7-12(20)23-15(17,18)13-2-9-1-10(3-13)5-14(21,4-9)8-13/h9-10,21H,1-8H2. The van der Waals surface area contributed by atoms with Gasteiger partial charge >= 0.3 is 18.0 Å². The van der Waals surface area contributed by atoms with Crippen LogP contribution in [-0.2, 0) is 19.1 Å². The zero-order chi connectivity index (χ0) is 16.9. The Morgan fingerprint density at radius 3 is 2.30 bits per heavy atom. The summed E-state index contributed by atoms with van der Waals surface area (Å²) in [6.45, 7) is -0.894. The van der Waals surface area contributed by atoms with Crippen molar-refractivity contribution in [3.8, 4) is 0 Å². The van der Waals surface area contributed by atoms with Gasteiger partial charge in [0.25, 0.3) is 0 Å². The van der Waals surface area contributed by atoms with Crippen molar-refractivity contribution in [2.75, 3.05) is 12.5 Å². The number of carbonyl (C=O) groups is 2. The monoisotopic (exact) mass is 352 g/mol. The van der Waals surface area contributed by atoms with E-state index in [9.17, 15) is 23.5 Å². The van der Waals surface area contributed by atoms with E-state index in [0.29, 0.717) is 12.8 Å². The van der Waals surface area contributed by atoms with E-state index in [2.05, 4.69) is 9.47 Å². The van der Waals surface area contributed by atoms with Gasteiger partial charge in [-0.3, -0.25) is 4.79 Å². The number of aliphatic hydroxyl groups is 1. The first-order chi connectivity index (χ1) is 10.7. The Morgan fingerprint density at radius 1 is 1.17 bits per heavy atom. The van der Waals surface area contributed by atoms with Gasteiger partial charge in [0.1, 0.15) is 5.88 Å². The van der Waals surface area contributed by atoms with Crippen LogP contribution in [-0.4, -0.2) is 41.2 Å². The molecule has 0 aromatic heterocycles. The predicted molar refractivity (Wildman–Crippen MR) is 74.8 cm³/mol. The maximum absolute atomic E-state index is 14.7. The van der Waals surface area contributed by atoms with E-state index < -0.39 is 41.6 Å². The number of rotatable bonds is 5. The van der Waals surface area contributed by atoms with Crippen LogP contribution < -0.4 is 0 Å². The molecular formula is C15H19ClF2O5. The zero-order valence-corrected chi connectivity index (χ0v) is 13.3. The molecule has 4 aliphatic carbocycles. The van der Waals surface area contributed by atoms with E-state index in [4.69, 9.17) is 11.6 Å². The molecule has 4 saturated carbocycles. The van der Waals surface area contributed by atoms with Crippen LogP contribution in [0.15, 0.2) is 0 Å². The number of alkyl halides is 3. The molecule has 8 heteroatoms. The molecule has 130 valence electrons. The molecule has 4 aliphatic rings. The van der Waals surface area contributed by atoms with Crippen LogP contribution in [0.1, 0.15) is 38.5 Å². The van der Waals surface area contributed by atoms with Gasteiger partial charge in [-0.2, -0.15) is 8.78 Å². The summed E-state index contributed by atoms with van der Waals surface area (Å²) in [7, 11) is 0. The van der Waals surface area contributed by atoms with E-state index >= 15 is 0 Å². The molecule has 5 nitrogen and oxygen atoms in total. The highest BCUT2D eigenvalue weighted by molar-refractivity contribution is 6.26. The van der Waals surface area contributed by atoms with Crippen LogP contribution >= 0.6 is 11.6 Å². The van der Waals surface area contributed by atoms with Crippen molar-refractivity contribution < 1.29 is 33.0 Å². The summed E-state index contributed by atoms with van der Waals surface area (Å²) in [5, 5.41) is 10.5. The number of hydrogen-bond acceptors (Lipinski definition) is 5. The summed E-state index contributed by atoms with van der Waals surface area (Å²) >= 11 is 5.19. The minimum absolute atomic E-state index is 0.0416. The fourth-order valence-electron chi connectivity index (χ4n) is 5.01. The Kier molecular flexibility index (Phi) is 4.08. The van der Waals surface area contributed by atoms with E-state index in [0.717, 1.165) is 6.42 Å². The summed E-state index contributed by atoms with van der Waals surface area (Å²) < 4.78 is 38.1. The zero-order valence-electron chi connectivity index (χ0n) is 12.5. The second kappa shape index (κ2) is 5.55. The Labute approximate surface area is 137 Å². The van der Waals surface area contributed by atoms with Gasteiger partial charge in [0.05, 0.1) is 11.0 Å². The molecule has 4 bridgehead atoms. The lowest BCUT2D eigenvalue weighted by Gasteiger charge is -2.60. The van der Waals surface area contributed by atoms with Crippen LogP contribution in [0, 0.1) is 17.3 Å². The van der Waals surface area contributed by atoms with Crippen LogP contribution in [0.3, 0.4) is 0 Å². The number of carbonyl (C=O) groups excluding carboxylic acids is 2. The van der Waals surface area contributed by atoms with Crippen molar-refractivity contribution in [3.05, 3.63) is 0 Å². The average Bonchev–Trinajstić information content (AvgIpc) is 2.41. The normalized spacial score (nSPS) is 38.4. The SMILES string of the molecule is O=C(CCl)OCC(=O)OC(F)(F)C12CC3CC(CC(O)(C3)C1)C2. The van der Waals surface area contributed by atoms with Crippen molar-refractivity contribution in [2.45, 2.75) is 50.2 Å². The first-order valence-electron chi connectivity index (χ1n) is 7.71. The van der Waals surface area contributed by atoms with Crippen molar-refractivity contribution in [1.29, 1.82) is 0 Å². The van der Waals surface area contributed by atoms with E-state index in [1.165, 1.54) is 0 Å².